The second kappa shape index (κ2) is 7.43. The molecule has 0 saturated carbocycles. The Bertz CT molecular complexity index is 609. The number of hydrogen-bond acceptors (Lipinski definition) is 7. The molecule has 1 unspecified atom stereocenters. The van der Waals surface area contributed by atoms with Crippen LogP contribution in [0.25, 0.3) is 0 Å². The molecule has 0 fully saturated rings. The molecule has 23 heavy (non-hydrogen) atoms. The Balaban J connectivity index is 2.63. The first-order valence-corrected chi connectivity index (χ1v) is 7.23. The lowest BCUT2D eigenvalue weighted by Crippen LogP contribution is -2.24. The summed E-state index contributed by atoms with van der Waals surface area (Å²) in [5.41, 5.74) is 2.20. The summed E-state index contributed by atoms with van der Waals surface area (Å²) in [4.78, 5) is 23.2. The summed E-state index contributed by atoms with van der Waals surface area (Å²) in [6, 6.07) is 0. The Morgan fingerprint density at radius 3 is 2.61 bits per heavy atom. The number of ether oxygens (including phenoxy) is 5. The van der Waals surface area contributed by atoms with Crippen molar-refractivity contribution in [1.82, 2.24) is 0 Å². The highest BCUT2D eigenvalue weighted by molar-refractivity contribution is 5.98. The predicted molar refractivity (Wildman–Crippen MR) is 79.7 cm³/mol. The Labute approximate surface area is 134 Å². The van der Waals surface area contributed by atoms with Gasteiger partial charge >= 0.3 is 12.4 Å². The number of aldehydes is 1. The molecule has 1 aromatic rings. The van der Waals surface area contributed by atoms with E-state index in [0.717, 1.165) is 11.8 Å². The van der Waals surface area contributed by atoms with Gasteiger partial charge in [-0.25, -0.2) is 4.79 Å². The van der Waals surface area contributed by atoms with E-state index in [1.165, 1.54) is 14.2 Å². The molecule has 0 bridgehead atoms. The molecule has 1 atom stereocenters. The maximum absolute atomic E-state index is 12.1. The van der Waals surface area contributed by atoms with Crippen molar-refractivity contribution in [2.24, 2.45) is 0 Å². The van der Waals surface area contributed by atoms with Crippen molar-refractivity contribution >= 4 is 12.3 Å². The highest BCUT2D eigenvalue weighted by Gasteiger charge is 2.34. The fourth-order valence-electron chi connectivity index (χ4n) is 2.61. The highest BCUT2D eigenvalue weighted by atomic mass is 16.8. The first-order valence-electron chi connectivity index (χ1n) is 7.23. The van der Waals surface area contributed by atoms with Crippen LogP contribution in [0.3, 0.4) is 0 Å². The maximum Gasteiger partial charge on any atom is 0.342 e. The summed E-state index contributed by atoms with van der Waals surface area (Å²) in [5, 5.41) is 0. The predicted octanol–water partition coefficient (Wildman–Crippen LogP) is 1.76. The molecule has 7 heteroatoms. The zero-order valence-electron chi connectivity index (χ0n) is 13.6. The Morgan fingerprint density at radius 2 is 2.04 bits per heavy atom. The maximum atomic E-state index is 12.1. The monoisotopic (exact) mass is 324 g/mol. The number of rotatable bonds is 8. The summed E-state index contributed by atoms with van der Waals surface area (Å²) in [6.07, 6.45) is 0.752. The van der Waals surface area contributed by atoms with E-state index in [2.05, 4.69) is 0 Å². The summed E-state index contributed by atoms with van der Waals surface area (Å²) in [5.74, 6) is 0.201. The van der Waals surface area contributed by atoms with Gasteiger partial charge in [0.1, 0.15) is 30.0 Å². The average Bonchev–Trinajstić information content (AvgIpc) is 2.93. The first kappa shape index (κ1) is 17.2. The standard InChI is InChI=1S/C16H20O7/c1-5-21-16(20-4)23-14-10(6-7-17)13(19-3)9(2)11-8-22-15(18)12(11)14/h7,16H,5-6,8H2,1-4H3. The van der Waals surface area contributed by atoms with E-state index in [1.54, 1.807) is 6.92 Å². The molecule has 7 nitrogen and oxygen atoms in total. The molecule has 126 valence electrons. The van der Waals surface area contributed by atoms with Crippen molar-refractivity contribution in [3.05, 3.63) is 22.3 Å². The second-order valence-corrected chi connectivity index (χ2v) is 4.86. The summed E-state index contributed by atoms with van der Waals surface area (Å²) >= 11 is 0. The summed E-state index contributed by atoms with van der Waals surface area (Å²) in [6.45, 7) is 3.09. The van der Waals surface area contributed by atoms with Crippen LogP contribution in [-0.4, -0.2) is 39.6 Å². The van der Waals surface area contributed by atoms with E-state index < -0.39 is 12.4 Å². The molecule has 0 radical (unpaired) electrons. The summed E-state index contributed by atoms with van der Waals surface area (Å²) in [7, 11) is 2.92. The first-order chi connectivity index (χ1) is 11.1. The number of carbonyl (C=O) groups is 2. The lowest BCUT2D eigenvalue weighted by atomic mass is 9.95. The Morgan fingerprint density at radius 1 is 1.30 bits per heavy atom. The van der Waals surface area contributed by atoms with Gasteiger partial charge in [0.25, 0.3) is 0 Å². The van der Waals surface area contributed by atoms with Crippen LogP contribution in [0.5, 0.6) is 11.5 Å². The number of hydrogen-bond donors (Lipinski definition) is 0. The van der Waals surface area contributed by atoms with Crippen molar-refractivity contribution in [3.8, 4) is 11.5 Å². The number of esters is 1. The van der Waals surface area contributed by atoms with Gasteiger partial charge in [-0.15, -0.1) is 0 Å². The van der Waals surface area contributed by atoms with Crippen LogP contribution in [-0.2, 0) is 32.0 Å². The minimum Gasteiger partial charge on any atom is -0.496 e. The molecule has 0 aliphatic carbocycles. The van der Waals surface area contributed by atoms with Crippen LogP contribution < -0.4 is 9.47 Å². The molecule has 0 N–H and O–H groups in total. The zero-order chi connectivity index (χ0) is 17.0. The van der Waals surface area contributed by atoms with Gasteiger partial charge in [0.2, 0.25) is 0 Å². The molecule has 2 rings (SSSR count). The molecule has 1 aliphatic heterocycles. The van der Waals surface area contributed by atoms with Crippen molar-refractivity contribution in [2.75, 3.05) is 20.8 Å². The third kappa shape index (κ3) is 3.16. The lowest BCUT2D eigenvalue weighted by molar-refractivity contribution is -0.231. The molecule has 0 aromatic heterocycles. The van der Waals surface area contributed by atoms with Crippen LogP contribution in [0.2, 0.25) is 0 Å². The number of carbonyl (C=O) groups excluding carboxylic acids is 2. The SMILES string of the molecule is CCOC(OC)Oc1c(CC=O)c(OC)c(C)c2c1C(=O)OC2. The van der Waals surface area contributed by atoms with Gasteiger partial charge in [0.05, 0.1) is 13.7 Å². The van der Waals surface area contributed by atoms with E-state index in [1.807, 2.05) is 6.92 Å². The van der Waals surface area contributed by atoms with Gasteiger partial charge in [-0.2, -0.15) is 0 Å². The number of benzene rings is 1. The van der Waals surface area contributed by atoms with Gasteiger partial charge in [0, 0.05) is 24.7 Å². The topological polar surface area (TPSA) is 80.3 Å². The van der Waals surface area contributed by atoms with Gasteiger partial charge in [0.15, 0.2) is 0 Å². The largest absolute Gasteiger partial charge is 0.496 e. The number of cyclic esters (lactones) is 1. The third-order valence-electron chi connectivity index (χ3n) is 3.62. The molecule has 1 heterocycles. The van der Waals surface area contributed by atoms with Crippen molar-refractivity contribution in [3.63, 3.8) is 0 Å². The van der Waals surface area contributed by atoms with Crippen molar-refractivity contribution in [1.29, 1.82) is 0 Å². The minimum atomic E-state index is -1.00. The van der Waals surface area contributed by atoms with Gasteiger partial charge in [-0.3, -0.25) is 0 Å². The molecule has 0 saturated heterocycles. The minimum absolute atomic E-state index is 0.0302. The number of fused-ring (bicyclic) bond motifs is 1. The van der Waals surface area contributed by atoms with E-state index in [0.29, 0.717) is 29.0 Å². The van der Waals surface area contributed by atoms with Crippen molar-refractivity contribution < 1.29 is 33.3 Å². The molecule has 1 aliphatic rings. The van der Waals surface area contributed by atoms with Crippen LogP contribution in [0, 0.1) is 6.92 Å². The second-order valence-electron chi connectivity index (χ2n) is 4.86. The van der Waals surface area contributed by atoms with E-state index in [9.17, 15) is 9.59 Å². The third-order valence-corrected chi connectivity index (χ3v) is 3.62. The Hall–Kier alpha value is -2.12. The highest BCUT2D eigenvalue weighted by Crippen LogP contribution is 2.42. The normalized spacial score (nSPS) is 14.2. The smallest absolute Gasteiger partial charge is 0.342 e. The quantitative estimate of drug-likeness (QED) is 0.409. The molecule has 0 spiro atoms. The van der Waals surface area contributed by atoms with Crippen molar-refractivity contribution in [2.45, 2.75) is 33.4 Å². The van der Waals surface area contributed by atoms with Gasteiger partial charge in [-0.1, -0.05) is 0 Å². The Kier molecular flexibility index (Phi) is 5.57. The van der Waals surface area contributed by atoms with Crippen LogP contribution in [0.1, 0.15) is 34.0 Å². The molecular weight excluding hydrogens is 304 g/mol. The fraction of sp³-hybridized carbons (Fsp3) is 0.500. The van der Waals surface area contributed by atoms with Crippen LogP contribution in [0.4, 0.5) is 0 Å². The van der Waals surface area contributed by atoms with E-state index >= 15 is 0 Å². The van der Waals surface area contributed by atoms with Gasteiger partial charge in [-0.05, 0) is 19.4 Å². The van der Waals surface area contributed by atoms with E-state index in [4.69, 9.17) is 23.7 Å². The van der Waals surface area contributed by atoms with Gasteiger partial charge < -0.3 is 28.5 Å². The van der Waals surface area contributed by atoms with Crippen LogP contribution in [0.15, 0.2) is 0 Å². The van der Waals surface area contributed by atoms with E-state index in [-0.39, 0.29) is 18.8 Å². The fourth-order valence-corrected chi connectivity index (χ4v) is 2.61. The average molecular weight is 324 g/mol. The lowest BCUT2D eigenvalue weighted by Gasteiger charge is -2.22. The van der Waals surface area contributed by atoms with Crippen LogP contribution >= 0.6 is 0 Å². The number of methoxy groups -OCH3 is 2. The molecular formula is C16H20O7. The molecule has 1 aromatic carbocycles. The zero-order valence-corrected chi connectivity index (χ0v) is 13.6. The summed E-state index contributed by atoms with van der Waals surface area (Å²) < 4.78 is 26.6. The molecule has 0 amide bonds.